The summed E-state index contributed by atoms with van der Waals surface area (Å²) < 4.78 is 5.48. The number of aliphatic carboxylic acids is 1. The third-order valence-electron chi connectivity index (χ3n) is 3.59. The summed E-state index contributed by atoms with van der Waals surface area (Å²) in [7, 11) is 0. The van der Waals surface area contributed by atoms with Gasteiger partial charge in [-0.3, -0.25) is 4.79 Å². The fourth-order valence-corrected chi connectivity index (χ4v) is 3.22. The van der Waals surface area contributed by atoms with Gasteiger partial charge >= 0.3 is 5.97 Å². The van der Waals surface area contributed by atoms with Crippen molar-refractivity contribution in [2.75, 3.05) is 12.4 Å². The van der Waals surface area contributed by atoms with Crippen LogP contribution in [-0.4, -0.2) is 35.4 Å². The second-order valence-electron chi connectivity index (χ2n) is 5.74. The Morgan fingerprint density at radius 3 is 2.42 bits per heavy atom. The van der Waals surface area contributed by atoms with E-state index in [1.165, 1.54) is 11.8 Å². The van der Waals surface area contributed by atoms with Crippen LogP contribution in [0.3, 0.4) is 0 Å². The van der Waals surface area contributed by atoms with Gasteiger partial charge in [-0.1, -0.05) is 37.3 Å². The van der Waals surface area contributed by atoms with Gasteiger partial charge in [0.25, 0.3) is 5.91 Å². The standard InChI is InChI=1S/C20H23NO4S/c1-2-12-25-17-10-8-16(9-11-17)19(22)21-18(20(23)24)14-26-13-15-6-4-3-5-7-15/h3-11,18H,2,12-14H2,1H3,(H,21,22)(H,23,24). The van der Waals surface area contributed by atoms with Crippen LogP contribution in [-0.2, 0) is 10.5 Å². The summed E-state index contributed by atoms with van der Waals surface area (Å²) in [5.41, 5.74) is 1.53. The Balaban J connectivity index is 1.87. The molecule has 0 radical (unpaired) electrons. The maximum absolute atomic E-state index is 12.3. The lowest BCUT2D eigenvalue weighted by Crippen LogP contribution is -2.42. The van der Waals surface area contributed by atoms with Crippen molar-refractivity contribution in [3.05, 3.63) is 65.7 Å². The van der Waals surface area contributed by atoms with Gasteiger partial charge in [-0.15, -0.1) is 0 Å². The molecule has 0 aliphatic rings. The molecule has 2 aromatic carbocycles. The molecule has 0 fully saturated rings. The maximum atomic E-state index is 12.3. The predicted molar refractivity (Wildman–Crippen MR) is 104 cm³/mol. The molecule has 0 bridgehead atoms. The van der Waals surface area contributed by atoms with Crippen molar-refractivity contribution in [2.45, 2.75) is 25.1 Å². The molecule has 1 amide bonds. The molecule has 2 rings (SSSR count). The largest absolute Gasteiger partial charge is 0.494 e. The van der Waals surface area contributed by atoms with Gasteiger partial charge in [0.2, 0.25) is 0 Å². The summed E-state index contributed by atoms with van der Waals surface area (Å²) in [6.07, 6.45) is 0.906. The van der Waals surface area contributed by atoms with Crippen LogP contribution in [0.5, 0.6) is 5.75 Å². The van der Waals surface area contributed by atoms with Crippen LogP contribution in [0.1, 0.15) is 29.3 Å². The highest BCUT2D eigenvalue weighted by atomic mass is 32.2. The summed E-state index contributed by atoms with van der Waals surface area (Å²) >= 11 is 1.48. The maximum Gasteiger partial charge on any atom is 0.327 e. The number of carboxylic acid groups (broad SMARTS) is 1. The minimum absolute atomic E-state index is 0.299. The molecule has 1 atom stereocenters. The predicted octanol–water partition coefficient (Wildman–Crippen LogP) is 3.59. The minimum Gasteiger partial charge on any atom is -0.494 e. The van der Waals surface area contributed by atoms with E-state index in [0.717, 1.165) is 12.0 Å². The van der Waals surface area contributed by atoms with Gasteiger partial charge in [-0.25, -0.2) is 4.79 Å². The Morgan fingerprint density at radius 1 is 1.12 bits per heavy atom. The lowest BCUT2D eigenvalue weighted by atomic mass is 10.2. The first kappa shape index (κ1) is 19.8. The Bertz CT molecular complexity index is 704. The van der Waals surface area contributed by atoms with Crippen molar-refractivity contribution < 1.29 is 19.4 Å². The average molecular weight is 373 g/mol. The van der Waals surface area contributed by atoms with E-state index < -0.39 is 17.9 Å². The number of carbonyl (C=O) groups is 2. The number of amides is 1. The molecular weight excluding hydrogens is 350 g/mol. The SMILES string of the molecule is CCCOc1ccc(C(=O)NC(CSCc2ccccc2)C(=O)O)cc1. The fraction of sp³-hybridized carbons (Fsp3) is 0.300. The van der Waals surface area contributed by atoms with Gasteiger partial charge in [-0.05, 0) is 36.2 Å². The van der Waals surface area contributed by atoms with Crippen LogP contribution in [0.25, 0.3) is 0 Å². The first-order valence-electron chi connectivity index (χ1n) is 8.48. The zero-order valence-electron chi connectivity index (χ0n) is 14.7. The van der Waals surface area contributed by atoms with E-state index in [1.54, 1.807) is 24.3 Å². The summed E-state index contributed by atoms with van der Waals surface area (Å²) in [5, 5.41) is 11.9. The number of rotatable bonds is 10. The van der Waals surface area contributed by atoms with Crippen molar-refractivity contribution >= 4 is 23.6 Å². The molecule has 0 aromatic heterocycles. The zero-order valence-corrected chi connectivity index (χ0v) is 15.5. The van der Waals surface area contributed by atoms with E-state index in [-0.39, 0.29) is 0 Å². The topological polar surface area (TPSA) is 75.6 Å². The molecule has 1 unspecified atom stereocenters. The number of hydrogen-bond acceptors (Lipinski definition) is 4. The second-order valence-corrected chi connectivity index (χ2v) is 6.77. The van der Waals surface area contributed by atoms with Crippen molar-refractivity contribution in [3.8, 4) is 5.75 Å². The number of thioether (sulfide) groups is 1. The Kier molecular flexibility index (Phi) is 8.02. The van der Waals surface area contributed by atoms with E-state index >= 15 is 0 Å². The first-order valence-corrected chi connectivity index (χ1v) is 9.64. The molecule has 0 aliphatic heterocycles. The minimum atomic E-state index is -1.04. The van der Waals surface area contributed by atoms with E-state index in [2.05, 4.69) is 5.32 Å². The number of benzene rings is 2. The van der Waals surface area contributed by atoms with Crippen molar-refractivity contribution in [3.63, 3.8) is 0 Å². The van der Waals surface area contributed by atoms with Crippen molar-refractivity contribution in [2.24, 2.45) is 0 Å². The highest BCUT2D eigenvalue weighted by molar-refractivity contribution is 7.98. The zero-order chi connectivity index (χ0) is 18.8. The quantitative estimate of drug-likeness (QED) is 0.666. The average Bonchev–Trinajstić information content (AvgIpc) is 2.66. The number of carbonyl (C=O) groups excluding carboxylic acids is 1. The van der Waals surface area contributed by atoms with Gasteiger partial charge in [-0.2, -0.15) is 11.8 Å². The summed E-state index contributed by atoms with van der Waals surface area (Å²) in [6.45, 7) is 2.63. The van der Waals surface area contributed by atoms with Crippen LogP contribution in [0.2, 0.25) is 0 Å². The van der Waals surface area contributed by atoms with E-state index in [9.17, 15) is 14.7 Å². The number of ether oxygens (including phenoxy) is 1. The molecule has 138 valence electrons. The van der Waals surface area contributed by atoms with E-state index in [4.69, 9.17) is 4.74 Å². The second kappa shape index (κ2) is 10.5. The summed E-state index contributed by atoms with van der Waals surface area (Å²) in [5.74, 6) is 0.246. The number of nitrogens with one attached hydrogen (secondary N) is 1. The molecule has 0 saturated heterocycles. The Hall–Kier alpha value is -2.47. The van der Waals surface area contributed by atoms with Gasteiger partial charge in [0, 0.05) is 17.1 Å². The normalized spacial score (nSPS) is 11.6. The molecule has 26 heavy (non-hydrogen) atoms. The molecule has 5 nitrogen and oxygen atoms in total. The highest BCUT2D eigenvalue weighted by Crippen LogP contribution is 2.15. The Labute approximate surface area is 157 Å². The molecule has 0 spiro atoms. The van der Waals surface area contributed by atoms with Crippen molar-refractivity contribution in [1.82, 2.24) is 5.32 Å². The molecule has 0 heterocycles. The lowest BCUT2D eigenvalue weighted by molar-refractivity contribution is -0.138. The third-order valence-corrected chi connectivity index (χ3v) is 4.70. The van der Waals surface area contributed by atoms with Crippen molar-refractivity contribution in [1.29, 1.82) is 0 Å². The van der Waals surface area contributed by atoms with Crippen LogP contribution in [0.4, 0.5) is 0 Å². The molecule has 0 aliphatic carbocycles. The third kappa shape index (κ3) is 6.44. The van der Waals surface area contributed by atoms with Crippen LogP contribution in [0, 0.1) is 0 Å². The monoisotopic (exact) mass is 373 g/mol. The lowest BCUT2D eigenvalue weighted by Gasteiger charge is -2.14. The van der Waals surface area contributed by atoms with Gasteiger partial charge < -0.3 is 15.2 Å². The summed E-state index contributed by atoms with van der Waals surface area (Å²) in [4.78, 5) is 23.7. The van der Waals surface area contributed by atoms with Gasteiger partial charge in [0.05, 0.1) is 6.61 Å². The highest BCUT2D eigenvalue weighted by Gasteiger charge is 2.20. The Morgan fingerprint density at radius 2 is 1.81 bits per heavy atom. The van der Waals surface area contributed by atoms with E-state index in [0.29, 0.717) is 29.4 Å². The smallest absolute Gasteiger partial charge is 0.327 e. The number of carboxylic acids is 1. The van der Waals surface area contributed by atoms with Crippen LogP contribution >= 0.6 is 11.8 Å². The molecular formula is C20H23NO4S. The molecule has 2 N–H and O–H groups in total. The van der Waals surface area contributed by atoms with E-state index in [1.807, 2.05) is 37.3 Å². The fourth-order valence-electron chi connectivity index (χ4n) is 2.21. The first-order chi connectivity index (χ1) is 12.6. The van der Waals surface area contributed by atoms with Gasteiger partial charge in [0.15, 0.2) is 0 Å². The number of hydrogen-bond donors (Lipinski definition) is 2. The van der Waals surface area contributed by atoms with Crippen LogP contribution in [0.15, 0.2) is 54.6 Å². The van der Waals surface area contributed by atoms with Crippen LogP contribution < -0.4 is 10.1 Å². The molecule has 2 aromatic rings. The summed E-state index contributed by atoms with van der Waals surface area (Å²) in [6, 6.07) is 15.6. The molecule has 0 saturated carbocycles. The van der Waals surface area contributed by atoms with Gasteiger partial charge in [0.1, 0.15) is 11.8 Å². The molecule has 6 heteroatoms.